The van der Waals surface area contributed by atoms with E-state index in [1.54, 1.807) is 20.8 Å². The van der Waals surface area contributed by atoms with Crippen molar-refractivity contribution in [2.75, 3.05) is 7.11 Å². The summed E-state index contributed by atoms with van der Waals surface area (Å²) in [6.07, 6.45) is -0.354. The third-order valence-electron chi connectivity index (χ3n) is 4.72. The van der Waals surface area contributed by atoms with Crippen LogP contribution in [-0.4, -0.2) is 39.1 Å². The Morgan fingerprint density at radius 3 is 2.00 bits per heavy atom. The molecule has 0 saturated heterocycles. The summed E-state index contributed by atoms with van der Waals surface area (Å²) in [5.74, 6) is 0.289. The highest BCUT2D eigenvalue weighted by Gasteiger charge is 2.39. The van der Waals surface area contributed by atoms with Gasteiger partial charge < -0.3 is 19.2 Å². The molecule has 0 radical (unpaired) electrons. The van der Waals surface area contributed by atoms with Crippen molar-refractivity contribution in [3.05, 3.63) is 29.8 Å². The van der Waals surface area contributed by atoms with E-state index < -0.39 is 32.0 Å². The first-order chi connectivity index (χ1) is 12.6. The van der Waals surface area contributed by atoms with E-state index in [9.17, 15) is 9.59 Å². The minimum absolute atomic E-state index is 0.110. The van der Waals surface area contributed by atoms with E-state index in [0.29, 0.717) is 6.42 Å². The molecule has 1 rings (SSSR count). The molecule has 1 unspecified atom stereocenters. The predicted molar refractivity (Wildman–Crippen MR) is 113 cm³/mol. The van der Waals surface area contributed by atoms with Crippen LogP contribution < -0.4 is 9.74 Å². The zero-order chi connectivity index (χ0) is 21.8. The van der Waals surface area contributed by atoms with Crippen molar-refractivity contribution >= 4 is 20.4 Å². The number of nitrogens with one attached hydrogen (secondary N) is 1. The lowest BCUT2D eigenvalue weighted by atomic mass is 10.1. The molecule has 0 spiro atoms. The van der Waals surface area contributed by atoms with E-state index in [4.69, 9.17) is 13.9 Å². The fourth-order valence-corrected chi connectivity index (χ4v) is 3.19. The van der Waals surface area contributed by atoms with Crippen LogP contribution in [0, 0.1) is 0 Å². The predicted octanol–water partition coefficient (Wildman–Crippen LogP) is 4.68. The standard InChI is InChI=1S/C21H35NO5Si/c1-20(2,3)26-19(24)22-17(18(23)25-7)14-15-10-12-16(13-11-15)27-28(8,9)21(4,5)6/h10-13,17H,14H2,1-9H3,(H,22,24). The topological polar surface area (TPSA) is 73.9 Å². The number of ether oxygens (including phenoxy) is 2. The summed E-state index contributed by atoms with van der Waals surface area (Å²) in [6.45, 7) is 16.3. The Morgan fingerprint density at radius 1 is 1.04 bits per heavy atom. The summed E-state index contributed by atoms with van der Waals surface area (Å²) in [5.41, 5.74) is 0.238. The summed E-state index contributed by atoms with van der Waals surface area (Å²) in [6, 6.07) is 6.77. The highest BCUT2D eigenvalue weighted by Crippen LogP contribution is 2.37. The lowest BCUT2D eigenvalue weighted by Gasteiger charge is -2.36. The van der Waals surface area contributed by atoms with Crippen LogP contribution in [0.25, 0.3) is 0 Å². The van der Waals surface area contributed by atoms with Crippen LogP contribution in [0.4, 0.5) is 4.79 Å². The quantitative estimate of drug-likeness (QED) is 0.545. The van der Waals surface area contributed by atoms with Gasteiger partial charge >= 0.3 is 12.1 Å². The lowest BCUT2D eigenvalue weighted by molar-refractivity contribution is -0.143. The monoisotopic (exact) mass is 409 g/mol. The first kappa shape index (κ1) is 24.0. The van der Waals surface area contributed by atoms with E-state index in [-0.39, 0.29) is 5.04 Å². The first-order valence-corrected chi connectivity index (χ1v) is 12.4. The number of benzene rings is 1. The number of amides is 1. The van der Waals surface area contributed by atoms with E-state index in [1.165, 1.54) is 7.11 Å². The van der Waals surface area contributed by atoms with Crippen molar-refractivity contribution in [2.24, 2.45) is 0 Å². The molecule has 0 bridgehead atoms. The maximum absolute atomic E-state index is 12.1. The van der Waals surface area contributed by atoms with Gasteiger partial charge in [-0.05, 0) is 56.6 Å². The van der Waals surface area contributed by atoms with Crippen LogP contribution in [0.1, 0.15) is 47.1 Å². The molecule has 158 valence electrons. The Hall–Kier alpha value is -2.02. The van der Waals surface area contributed by atoms with Crippen LogP contribution in [0.15, 0.2) is 24.3 Å². The van der Waals surface area contributed by atoms with Crippen molar-refractivity contribution in [1.82, 2.24) is 5.32 Å². The maximum Gasteiger partial charge on any atom is 0.408 e. The fraction of sp³-hybridized carbons (Fsp3) is 0.619. The zero-order valence-corrected chi connectivity index (χ0v) is 19.6. The molecule has 0 saturated carbocycles. The summed E-state index contributed by atoms with van der Waals surface area (Å²) < 4.78 is 16.3. The number of alkyl carbamates (subject to hydrolysis) is 1. The molecule has 7 heteroatoms. The Labute approximate surface area is 170 Å². The summed E-state index contributed by atoms with van der Waals surface area (Å²) in [7, 11) is -0.617. The number of hydrogen-bond donors (Lipinski definition) is 1. The van der Waals surface area contributed by atoms with Gasteiger partial charge in [-0.15, -0.1) is 0 Å². The van der Waals surface area contributed by atoms with E-state index in [2.05, 4.69) is 39.2 Å². The fourth-order valence-electron chi connectivity index (χ4n) is 2.16. The van der Waals surface area contributed by atoms with E-state index in [0.717, 1.165) is 11.3 Å². The van der Waals surface area contributed by atoms with E-state index >= 15 is 0 Å². The number of carbonyl (C=O) groups is 2. The highest BCUT2D eigenvalue weighted by molar-refractivity contribution is 6.74. The molecule has 28 heavy (non-hydrogen) atoms. The maximum atomic E-state index is 12.1. The molecule has 0 heterocycles. The second-order valence-electron chi connectivity index (χ2n) is 9.43. The van der Waals surface area contributed by atoms with Gasteiger partial charge in [0.25, 0.3) is 0 Å². The first-order valence-electron chi connectivity index (χ1n) is 9.50. The van der Waals surface area contributed by atoms with Gasteiger partial charge in [0, 0.05) is 6.42 Å². The minimum Gasteiger partial charge on any atom is -0.544 e. The number of esters is 1. The lowest BCUT2D eigenvalue weighted by Crippen LogP contribution is -2.45. The van der Waals surface area contributed by atoms with Crippen LogP contribution >= 0.6 is 0 Å². The van der Waals surface area contributed by atoms with Crippen LogP contribution in [0.2, 0.25) is 18.1 Å². The van der Waals surface area contributed by atoms with Crippen molar-refractivity contribution in [2.45, 2.75) is 77.7 Å². The molecule has 0 aromatic heterocycles. The van der Waals surface area contributed by atoms with Gasteiger partial charge in [-0.2, -0.15) is 0 Å². The van der Waals surface area contributed by atoms with Crippen molar-refractivity contribution in [3.63, 3.8) is 0 Å². The number of carbonyl (C=O) groups excluding carboxylic acids is 2. The van der Waals surface area contributed by atoms with Gasteiger partial charge in [-0.1, -0.05) is 32.9 Å². The molecule has 1 N–H and O–H groups in total. The molecule has 0 aliphatic rings. The average Bonchev–Trinajstić information content (AvgIpc) is 2.52. The van der Waals surface area contributed by atoms with Gasteiger partial charge in [0.15, 0.2) is 0 Å². The molecular weight excluding hydrogens is 374 g/mol. The molecule has 1 atom stereocenters. The van der Waals surface area contributed by atoms with Gasteiger partial charge in [-0.3, -0.25) is 0 Å². The number of rotatable bonds is 6. The second kappa shape index (κ2) is 8.98. The molecule has 0 aliphatic heterocycles. The normalized spacial score (nSPS) is 13.5. The molecule has 0 aliphatic carbocycles. The highest BCUT2D eigenvalue weighted by atomic mass is 28.4. The summed E-state index contributed by atoms with van der Waals surface area (Å²) in [4.78, 5) is 24.1. The Bertz CT molecular complexity index is 672. The number of hydrogen-bond acceptors (Lipinski definition) is 5. The zero-order valence-electron chi connectivity index (χ0n) is 18.6. The van der Waals surface area contributed by atoms with Gasteiger partial charge in [0.2, 0.25) is 8.32 Å². The van der Waals surface area contributed by atoms with Crippen molar-refractivity contribution in [1.29, 1.82) is 0 Å². The molecule has 6 nitrogen and oxygen atoms in total. The minimum atomic E-state index is -1.91. The van der Waals surface area contributed by atoms with Gasteiger partial charge in [-0.25, -0.2) is 9.59 Å². The van der Waals surface area contributed by atoms with Crippen molar-refractivity contribution < 1.29 is 23.5 Å². The van der Waals surface area contributed by atoms with Gasteiger partial charge in [0.05, 0.1) is 7.11 Å². The Balaban J connectivity index is 2.85. The van der Waals surface area contributed by atoms with Crippen LogP contribution in [0.5, 0.6) is 5.75 Å². The number of methoxy groups -OCH3 is 1. The van der Waals surface area contributed by atoms with Crippen LogP contribution in [-0.2, 0) is 20.7 Å². The Kier molecular flexibility index (Phi) is 7.71. The summed E-state index contributed by atoms with van der Waals surface area (Å²) >= 11 is 0. The Morgan fingerprint density at radius 2 is 1.57 bits per heavy atom. The second-order valence-corrected chi connectivity index (χ2v) is 14.2. The SMILES string of the molecule is COC(=O)C(Cc1ccc(O[Si](C)(C)C(C)(C)C)cc1)NC(=O)OC(C)(C)C. The van der Waals surface area contributed by atoms with E-state index in [1.807, 2.05) is 24.3 Å². The molecular formula is C21H35NO5Si. The molecule has 1 amide bonds. The third-order valence-corrected chi connectivity index (χ3v) is 9.08. The van der Waals surface area contributed by atoms with Crippen molar-refractivity contribution in [3.8, 4) is 5.75 Å². The van der Waals surface area contributed by atoms with Gasteiger partial charge in [0.1, 0.15) is 17.4 Å². The summed E-state index contributed by atoms with van der Waals surface area (Å²) in [5, 5.41) is 2.70. The molecule has 1 aromatic carbocycles. The average molecular weight is 410 g/mol. The third kappa shape index (κ3) is 7.54. The smallest absolute Gasteiger partial charge is 0.408 e. The largest absolute Gasteiger partial charge is 0.544 e. The molecule has 1 aromatic rings. The molecule has 0 fully saturated rings. The van der Waals surface area contributed by atoms with Crippen LogP contribution in [0.3, 0.4) is 0 Å².